The predicted octanol–water partition coefficient (Wildman–Crippen LogP) is 2.93. The number of imidazole rings is 1. The average Bonchev–Trinajstić information content (AvgIpc) is 3.19. The lowest BCUT2D eigenvalue weighted by Crippen LogP contribution is -2.23. The fourth-order valence-electron chi connectivity index (χ4n) is 2.43. The molecular weight excluding hydrogens is 382 g/mol. The Labute approximate surface area is 165 Å². The average molecular weight is 398 g/mol. The van der Waals surface area contributed by atoms with E-state index in [0.717, 1.165) is 0 Å². The molecule has 8 nitrogen and oxygen atoms in total. The monoisotopic (exact) mass is 397 g/mol. The zero-order chi connectivity index (χ0) is 20.1. The van der Waals surface area contributed by atoms with Crippen LogP contribution in [0, 0.1) is 0 Å². The highest BCUT2D eigenvalue weighted by molar-refractivity contribution is 6.34. The Hall–Kier alpha value is -3.65. The molecule has 3 amide bonds. The van der Waals surface area contributed by atoms with E-state index in [1.165, 1.54) is 13.4 Å². The Balaban J connectivity index is 1.67. The van der Waals surface area contributed by atoms with Gasteiger partial charge in [0.25, 0.3) is 17.7 Å². The first kappa shape index (κ1) is 19.1. The van der Waals surface area contributed by atoms with Crippen LogP contribution in [-0.4, -0.2) is 34.7 Å². The van der Waals surface area contributed by atoms with Crippen molar-refractivity contribution in [1.29, 1.82) is 0 Å². The first-order valence-corrected chi connectivity index (χ1v) is 8.60. The molecule has 28 heavy (non-hydrogen) atoms. The van der Waals surface area contributed by atoms with Gasteiger partial charge in [-0.1, -0.05) is 23.7 Å². The molecule has 0 radical (unpaired) electrons. The number of rotatable bonds is 5. The van der Waals surface area contributed by atoms with Crippen molar-refractivity contribution in [3.63, 3.8) is 0 Å². The minimum atomic E-state index is -0.510. The molecule has 3 aromatic rings. The maximum absolute atomic E-state index is 12.4. The Morgan fingerprint density at radius 1 is 0.893 bits per heavy atom. The van der Waals surface area contributed by atoms with Crippen molar-refractivity contribution in [3.8, 4) is 0 Å². The highest BCUT2D eigenvalue weighted by Crippen LogP contribution is 2.19. The summed E-state index contributed by atoms with van der Waals surface area (Å²) in [5.41, 5.74) is 1.44. The van der Waals surface area contributed by atoms with Crippen molar-refractivity contribution in [2.24, 2.45) is 0 Å². The predicted molar refractivity (Wildman–Crippen MR) is 106 cm³/mol. The van der Waals surface area contributed by atoms with E-state index in [1.54, 1.807) is 48.5 Å². The van der Waals surface area contributed by atoms with Crippen LogP contribution in [0.5, 0.6) is 0 Å². The van der Waals surface area contributed by atoms with E-state index in [9.17, 15) is 14.4 Å². The topological polar surface area (TPSA) is 116 Å². The van der Waals surface area contributed by atoms with E-state index in [0.29, 0.717) is 22.0 Å². The number of halogens is 1. The fraction of sp³-hybridized carbons (Fsp3) is 0.0526. The van der Waals surface area contributed by atoms with Crippen molar-refractivity contribution in [3.05, 3.63) is 76.8 Å². The second-order valence-electron chi connectivity index (χ2n) is 5.67. The molecular formula is C19H16ClN5O3. The molecule has 142 valence electrons. The minimum absolute atomic E-state index is 0.00335. The van der Waals surface area contributed by atoms with Crippen LogP contribution in [-0.2, 0) is 0 Å². The molecule has 0 bridgehead atoms. The van der Waals surface area contributed by atoms with Crippen molar-refractivity contribution < 1.29 is 14.4 Å². The standard InChI is InChI=1S/C19H16ClN5O3/c1-21-18(27)15-16(23-10-22-15)19(28)25-12-8-6-11(7-9-12)24-17(26)13-4-2-3-5-14(13)20/h2-10H,1H3,(H,21,27)(H,22,23)(H,24,26)(H,25,28). The van der Waals surface area contributed by atoms with Gasteiger partial charge in [0.1, 0.15) is 5.69 Å². The van der Waals surface area contributed by atoms with Crippen LogP contribution in [0.1, 0.15) is 31.3 Å². The van der Waals surface area contributed by atoms with E-state index in [4.69, 9.17) is 11.6 Å². The summed E-state index contributed by atoms with van der Waals surface area (Å²) in [5.74, 6) is -1.32. The zero-order valence-corrected chi connectivity index (χ0v) is 15.5. The number of hydrogen-bond donors (Lipinski definition) is 4. The van der Waals surface area contributed by atoms with Crippen molar-refractivity contribution in [1.82, 2.24) is 15.3 Å². The number of nitrogens with one attached hydrogen (secondary N) is 4. The Morgan fingerprint density at radius 2 is 1.50 bits per heavy atom. The highest BCUT2D eigenvalue weighted by atomic mass is 35.5. The van der Waals surface area contributed by atoms with Gasteiger partial charge < -0.3 is 20.9 Å². The fourth-order valence-corrected chi connectivity index (χ4v) is 2.65. The van der Waals surface area contributed by atoms with Gasteiger partial charge in [-0.2, -0.15) is 0 Å². The smallest absolute Gasteiger partial charge is 0.274 e. The number of nitrogens with zero attached hydrogens (tertiary/aromatic N) is 1. The van der Waals surface area contributed by atoms with Crippen LogP contribution >= 0.6 is 11.6 Å². The second-order valence-corrected chi connectivity index (χ2v) is 6.08. The highest BCUT2D eigenvalue weighted by Gasteiger charge is 2.19. The number of anilines is 2. The SMILES string of the molecule is CNC(=O)c1nc[nH]c1C(=O)Nc1ccc(NC(=O)c2ccccc2Cl)cc1. The largest absolute Gasteiger partial charge is 0.354 e. The van der Waals surface area contributed by atoms with E-state index in [1.807, 2.05) is 0 Å². The molecule has 0 aliphatic carbocycles. The number of carbonyl (C=O) groups excluding carboxylic acids is 3. The first-order chi connectivity index (χ1) is 13.5. The lowest BCUT2D eigenvalue weighted by Gasteiger charge is -2.09. The summed E-state index contributed by atoms with van der Waals surface area (Å²) in [6.45, 7) is 0. The van der Waals surface area contributed by atoms with Gasteiger partial charge in [-0.15, -0.1) is 0 Å². The summed E-state index contributed by atoms with van der Waals surface area (Å²) in [4.78, 5) is 42.8. The molecule has 0 fully saturated rings. The third kappa shape index (κ3) is 4.18. The molecule has 2 aromatic carbocycles. The molecule has 1 aromatic heterocycles. The number of aromatic nitrogens is 2. The molecule has 0 aliphatic heterocycles. The molecule has 1 heterocycles. The number of H-pyrrole nitrogens is 1. The van der Waals surface area contributed by atoms with E-state index in [-0.39, 0.29) is 17.3 Å². The summed E-state index contributed by atoms with van der Waals surface area (Å²) in [6, 6.07) is 13.2. The van der Waals surface area contributed by atoms with Crippen LogP contribution in [0.15, 0.2) is 54.9 Å². The molecule has 0 aliphatic rings. The van der Waals surface area contributed by atoms with Crippen LogP contribution < -0.4 is 16.0 Å². The third-order valence-electron chi connectivity index (χ3n) is 3.83. The number of hydrogen-bond acceptors (Lipinski definition) is 4. The number of benzene rings is 2. The molecule has 4 N–H and O–H groups in total. The van der Waals surface area contributed by atoms with Crippen molar-refractivity contribution in [2.45, 2.75) is 0 Å². The van der Waals surface area contributed by atoms with Gasteiger partial charge in [0.05, 0.1) is 16.9 Å². The molecule has 0 atom stereocenters. The summed E-state index contributed by atoms with van der Waals surface area (Å²) < 4.78 is 0. The Bertz CT molecular complexity index is 1030. The van der Waals surface area contributed by atoms with E-state index < -0.39 is 11.8 Å². The second kappa shape index (κ2) is 8.36. The lowest BCUT2D eigenvalue weighted by atomic mass is 10.2. The van der Waals surface area contributed by atoms with Crippen LogP contribution in [0.2, 0.25) is 5.02 Å². The summed E-state index contributed by atoms with van der Waals surface area (Å²) >= 11 is 6.02. The number of amides is 3. The van der Waals surface area contributed by atoms with Crippen LogP contribution in [0.3, 0.4) is 0 Å². The van der Waals surface area contributed by atoms with Gasteiger partial charge in [0.15, 0.2) is 5.69 Å². The molecule has 0 unspecified atom stereocenters. The summed E-state index contributed by atoms with van der Waals surface area (Å²) in [7, 11) is 1.45. The minimum Gasteiger partial charge on any atom is -0.354 e. The van der Waals surface area contributed by atoms with Gasteiger partial charge in [0.2, 0.25) is 0 Å². The third-order valence-corrected chi connectivity index (χ3v) is 4.16. The van der Waals surface area contributed by atoms with E-state index >= 15 is 0 Å². The molecule has 0 saturated heterocycles. The lowest BCUT2D eigenvalue weighted by molar-refractivity contribution is 0.0943. The quantitative estimate of drug-likeness (QED) is 0.529. The van der Waals surface area contributed by atoms with Gasteiger partial charge in [-0.25, -0.2) is 4.98 Å². The Kier molecular flexibility index (Phi) is 5.71. The maximum Gasteiger partial charge on any atom is 0.274 e. The molecule has 9 heteroatoms. The van der Waals surface area contributed by atoms with Gasteiger partial charge in [-0.05, 0) is 36.4 Å². The molecule has 3 rings (SSSR count). The van der Waals surface area contributed by atoms with Crippen molar-refractivity contribution >= 4 is 40.7 Å². The van der Waals surface area contributed by atoms with Gasteiger partial charge in [0, 0.05) is 18.4 Å². The summed E-state index contributed by atoms with van der Waals surface area (Å²) in [6.07, 6.45) is 1.27. The normalized spacial score (nSPS) is 10.2. The van der Waals surface area contributed by atoms with E-state index in [2.05, 4.69) is 25.9 Å². The van der Waals surface area contributed by atoms with Crippen LogP contribution in [0.4, 0.5) is 11.4 Å². The van der Waals surface area contributed by atoms with Crippen molar-refractivity contribution in [2.75, 3.05) is 17.7 Å². The Morgan fingerprint density at radius 3 is 2.11 bits per heavy atom. The maximum atomic E-state index is 12.4. The molecule has 0 saturated carbocycles. The first-order valence-electron chi connectivity index (χ1n) is 8.22. The number of aromatic amines is 1. The van der Waals surface area contributed by atoms with Gasteiger partial charge >= 0.3 is 0 Å². The van der Waals surface area contributed by atoms with Crippen LogP contribution in [0.25, 0.3) is 0 Å². The zero-order valence-electron chi connectivity index (χ0n) is 14.7. The summed E-state index contributed by atoms with van der Waals surface area (Å²) in [5, 5.41) is 8.17. The molecule has 0 spiro atoms. The number of carbonyl (C=O) groups is 3. The van der Waals surface area contributed by atoms with Gasteiger partial charge in [-0.3, -0.25) is 14.4 Å².